The fourth-order valence-corrected chi connectivity index (χ4v) is 5.67. The Bertz CT molecular complexity index is 2060. The Balaban J connectivity index is 1.47. The Hall–Kier alpha value is -5.89. The van der Waals surface area contributed by atoms with E-state index in [-0.39, 0.29) is 54.3 Å². The van der Waals surface area contributed by atoms with Gasteiger partial charge in [0.15, 0.2) is 5.78 Å². The number of hydrogen-bond acceptors (Lipinski definition) is 11. The summed E-state index contributed by atoms with van der Waals surface area (Å²) in [4.78, 5) is 81.5. The Morgan fingerprint density at radius 3 is 1.87 bits per heavy atom. The van der Waals surface area contributed by atoms with Crippen molar-refractivity contribution in [2.75, 3.05) is 6.54 Å². The first-order valence-corrected chi connectivity index (χ1v) is 17.9. The molecular formula is C40H44N4O9S. The molecule has 0 atom stereocenters. The van der Waals surface area contributed by atoms with Crippen molar-refractivity contribution in [3.8, 4) is 5.75 Å². The molecule has 4 rings (SSSR count). The number of fused-ring (bicyclic) bond motifs is 1. The van der Waals surface area contributed by atoms with Crippen LogP contribution in [-0.2, 0) is 20.8 Å². The highest BCUT2D eigenvalue weighted by molar-refractivity contribution is 7.12. The monoisotopic (exact) mass is 756 g/mol. The van der Waals surface area contributed by atoms with Crippen LogP contribution in [0, 0.1) is 0 Å². The number of amides is 3. The van der Waals surface area contributed by atoms with E-state index in [4.69, 9.17) is 14.2 Å². The minimum absolute atomic E-state index is 0.0399. The first-order valence-electron chi connectivity index (χ1n) is 17.1. The van der Waals surface area contributed by atoms with Crippen LogP contribution in [0.4, 0.5) is 15.3 Å². The number of Topliss-reactive ketones (excluding diaryl/α,β-unsaturated/α-hetero) is 2. The summed E-state index contributed by atoms with van der Waals surface area (Å²) in [5.74, 6) is -0.957. The third kappa shape index (κ3) is 12.7. The number of ether oxygens (including phenoxy) is 3. The van der Waals surface area contributed by atoms with Gasteiger partial charge in [0.1, 0.15) is 22.7 Å². The Labute approximate surface area is 317 Å². The summed E-state index contributed by atoms with van der Waals surface area (Å²) in [7, 11) is 0. The first-order chi connectivity index (χ1) is 25.2. The van der Waals surface area contributed by atoms with Crippen LogP contribution in [0.2, 0.25) is 0 Å². The van der Waals surface area contributed by atoms with Crippen LogP contribution < -0.4 is 15.4 Å². The van der Waals surface area contributed by atoms with Crippen LogP contribution >= 0.6 is 11.3 Å². The highest BCUT2D eigenvalue weighted by Crippen LogP contribution is 2.25. The number of esters is 1. The number of ketones is 2. The molecule has 1 aromatic heterocycles. The number of guanidine groups is 1. The van der Waals surface area contributed by atoms with Crippen LogP contribution in [-0.4, -0.2) is 64.2 Å². The van der Waals surface area contributed by atoms with Gasteiger partial charge in [0, 0.05) is 25.1 Å². The molecule has 0 fully saturated rings. The number of thiophene rings is 1. The van der Waals surface area contributed by atoms with Crippen molar-refractivity contribution in [3.05, 3.63) is 93.7 Å². The molecule has 0 saturated carbocycles. The second kappa shape index (κ2) is 17.3. The van der Waals surface area contributed by atoms with E-state index in [1.807, 2.05) is 5.38 Å². The van der Waals surface area contributed by atoms with Crippen LogP contribution in [0.5, 0.6) is 5.75 Å². The molecule has 14 heteroatoms. The zero-order valence-corrected chi connectivity index (χ0v) is 32.3. The lowest BCUT2D eigenvalue weighted by Gasteiger charge is -2.22. The van der Waals surface area contributed by atoms with Crippen LogP contribution in [0.1, 0.15) is 97.8 Å². The Kier molecular flexibility index (Phi) is 13.1. The van der Waals surface area contributed by atoms with Crippen molar-refractivity contribution in [1.29, 1.82) is 0 Å². The quantitative estimate of drug-likeness (QED) is 0.0536. The van der Waals surface area contributed by atoms with Gasteiger partial charge in [-0.2, -0.15) is 0 Å². The fourth-order valence-electron chi connectivity index (χ4n) is 4.87. The molecular weight excluding hydrogens is 713 g/mol. The van der Waals surface area contributed by atoms with Gasteiger partial charge >= 0.3 is 18.2 Å². The molecule has 0 saturated heterocycles. The van der Waals surface area contributed by atoms with E-state index < -0.39 is 29.4 Å². The molecule has 3 aromatic carbocycles. The summed E-state index contributed by atoms with van der Waals surface area (Å²) < 4.78 is 16.2. The molecule has 0 radical (unpaired) electrons. The number of carbonyl (C=O) groups is 6. The van der Waals surface area contributed by atoms with Crippen molar-refractivity contribution in [1.82, 2.24) is 15.5 Å². The maximum absolute atomic E-state index is 13.6. The van der Waals surface area contributed by atoms with Crippen molar-refractivity contribution < 1.29 is 43.0 Å². The van der Waals surface area contributed by atoms with E-state index in [1.54, 1.807) is 88.9 Å². The van der Waals surface area contributed by atoms with Gasteiger partial charge in [-0.05, 0) is 132 Å². The predicted octanol–water partition coefficient (Wildman–Crippen LogP) is 7.98. The van der Waals surface area contributed by atoms with E-state index in [2.05, 4.69) is 15.6 Å². The maximum atomic E-state index is 13.6. The van der Waals surface area contributed by atoms with Crippen molar-refractivity contribution in [2.24, 2.45) is 4.99 Å². The average Bonchev–Trinajstić information content (AvgIpc) is 3.53. The Morgan fingerprint density at radius 1 is 0.741 bits per heavy atom. The van der Waals surface area contributed by atoms with E-state index >= 15 is 0 Å². The fraction of sp³-hybridized carbons (Fsp3) is 0.325. The SMILES string of the molecule is CC(=O)CCN(Cc1csc(C(C)=O)c1)C(=O)c1ccc2cc(OC(=O)c3ccc(N=C(NC(=O)OC(C)(C)C)NC(=O)OC(C)(C)C)cc3)ccc2c1. The summed E-state index contributed by atoms with van der Waals surface area (Å²) in [5.41, 5.74) is 0.135. The molecule has 0 spiro atoms. The normalized spacial score (nSPS) is 11.3. The van der Waals surface area contributed by atoms with Gasteiger partial charge in [-0.3, -0.25) is 25.0 Å². The van der Waals surface area contributed by atoms with E-state index in [0.717, 1.165) is 16.3 Å². The van der Waals surface area contributed by atoms with Crippen LogP contribution in [0.25, 0.3) is 10.8 Å². The second-order valence-electron chi connectivity index (χ2n) is 14.4. The number of hydrogen-bond donors (Lipinski definition) is 2. The number of carbonyl (C=O) groups excluding carboxylic acids is 6. The lowest BCUT2D eigenvalue weighted by Crippen LogP contribution is -2.47. The highest BCUT2D eigenvalue weighted by atomic mass is 32.1. The smallest absolute Gasteiger partial charge is 0.414 e. The third-order valence-corrected chi connectivity index (χ3v) is 8.33. The number of rotatable bonds is 10. The summed E-state index contributed by atoms with van der Waals surface area (Å²) >= 11 is 1.32. The molecule has 0 aliphatic heterocycles. The van der Waals surface area contributed by atoms with Gasteiger partial charge in [-0.15, -0.1) is 11.3 Å². The number of alkyl carbamates (subject to hydrolysis) is 2. The zero-order valence-electron chi connectivity index (χ0n) is 31.5. The van der Waals surface area contributed by atoms with Crippen molar-refractivity contribution in [2.45, 2.75) is 79.6 Å². The third-order valence-electron chi connectivity index (χ3n) is 7.25. The zero-order chi connectivity index (χ0) is 39.8. The van der Waals surface area contributed by atoms with Crippen molar-refractivity contribution >= 4 is 69.4 Å². The predicted molar refractivity (Wildman–Crippen MR) is 206 cm³/mol. The molecule has 0 aliphatic rings. The maximum Gasteiger partial charge on any atom is 0.414 e. The molecule has 0 aliphatic carbocycles. The topological polar surface area (TPSA) is 170 Å². The number of nitrogens with zero attached hydrogens (tertiary/aromatic N) is 2. The van der Waals surface area contributed by atoms with Gasteiger partial charge in [0.05, 0.1) is 16.1 Å². The number of nitrogens with one attached hydrogen (secondary N) is 2. The first kappa shape index (κ1) is 40.9. The standard InChI is InChI=1S/C40H44N4O9S/c1-24(45)17-18-44(22-26-19-33(25(2)46)54-23-26)34(47)30-10-9-29-21-32(16-13-28(29)20-30)51-35(48)27-11-14-31(15-12-27)41-36(42-37(49)52-39(3,4)5)43-38(50)53-40(6,7)8/h9-16,19-21,23H,17-18,22H2,1-8H3,(H2,41,42,43,49,50). The molecule has 3 amide bonds. The average molecular weight is 757 g/mol. The summed E-state index contributed by atoms with van der Waals surface area (Å²) in [6.07, 6.45) is -1.49. The van der Waals surface area contributed by atoms with Gasteiger partial charge < -0.3 is 19.1 Å². The summed E-state index contributed by atoms with van der Waals surface area (Å²) in [5, 5.41) is 8.11. The highest BCUT2D eigenvalue weighted by Gasteiger charge is 2.22. The van der Waals surface area contributed by atoms with Crippen LogP contribution in [0.15, 0.2) is 77.1 Å². The molecule has 2 N–H and O–H groups in total. The number of aliphatic imine (C=N–C) groups is 1. The second-order valence-corrected chi connectivity index (χ2v) is 15.3. The molecule has 0 bridgehead atoms. The minimum Gasteiger partial charge on any atom is -0.444 e. The molecule has 1 heterocycles. The molecule has 284 valence electrons. The lowest BCUT2D eigenvalue weighted by atomic mass is 10.1. The Morgan fingerprint density at radius 2 is 1.31 bits per heavy atom. The van der Waals surface area contributed by atoms with Gasteiger partial charge in [-0.1, -0.05) is 12.1 Å². The largest absolute Gasteiger partial charge is 0.444 e. The number of benzene rings is 3. The van der Waals surface area contributed by atoms with E-state index in [1.165, 1.54) is 49.4 Å². The van der Waals surface area contributed by atoms with E-state index in [9.17, 15) is 28.8 Å². The van der Waals surface area contributed by atoms with E-state index in [0.29, 0.717) is 16.1 Å². The van der Waals surface area contributed by atoms with Gasteiger partial charge in [0.25, 0.3) is 5.91 Å². The lowest BCUT2D eigenvalue weighted by molar-refractivity contribution is -0.117. The van der Waals surface area contributed by atoms with Gasteiger partial charge in [-0.25, -0.2) is 19.4 Å². The summed E-state index contributed by atoms with van der Waals surface area (Å²) in [6.45, 7) is 13.6. The molecule has 54 heavy (non-hydrogen) atoms. The minimum atomic E-state index is -0.846. The molecule has 4 aromatic rings. The van der Waals surface area contributed by atoms with Crippen LogP contribution in [0.3, 0.4) is 0 Å². The molecule has 0 unspecified atom stereocenters. The summed E-state index contributed by atoms with van der Waals surface area (Å²) in [6, 6.07) is 17.9. The van der Waals surface area contributed by atoms with Crippen molar-refractivity contribution in [3.63, 3.8) is 0 Å². The van der Waals surface area contributed by atoms with Gasteiger partial charge in [0.2, 0.25) is 5.96 Å². The molecule has 13 nitrogen and oxygen atoms in total.